The van der Waals surface area contributed by atoms with Gasteiger partial charge in [-0.05, 0) is 150 Å². The first-order valence-corrected chi connectivity index (χ1v) is 41.2. The van der Waals surface area contributed by atoms with Crippen molar-refractivity contribution in [2.24, 2.45) is 51.6 Å². The van der Waals surface area contributed by atoms with Gasteiger partial charge in [0.25, 0.3) is 0 Å². The molecule has 0 fully saturated rings. The number of rotatable bonds is 58. The Morgan fingerprint density at radius 1 is 0.398 bits per heavy atom. The molecule has 1 heterocycles. The van der Waals surface area contributed by atoms with Crippen molar-refractivity contribution in [3.8, 4) is 28.2 Å². The molecule has 0 radical (unpaired) electrons. The predicted octanol–water partition coefficient (Wildman–Crippen LogP) is -7.36. The van der Waals surface area contributed by atoms with Gasteiger partial charge < -0.3 is 167 Å². The summed E-state index contributed by atoms with van der Waals surface area (Å²) in [4.78, 5) is 178. The summed E-state index contributed by atoms with van der Waals surface area (Å²) in [5.41, 5.74) is 51.2. The monoisotopic (exact) mass is 1810 g/mol. The molecule has 52 heteroatoms. The van der Waals surface area contributed by atoms with E-state index in [0.29, 0.717) is 16.5 Å². The molecule has 4 rings (SSSR count). The fraction of sp³-hybridized carbons (Fsp3) is 0.487. The molecule has 45 N–H and O–H groups in total. The Labute approximate surface area is 740 Å². The zero-order valence-electron chi connectivity index (χ0n) is 70.4. The summed E-state index contributed by atoms with van der Waals surface area (Å²) in [6.07, 6.45) is -1.89. The van der Waals surface area contributed by atoms with Crippen molar-refractivity contribution in [1.29, 1.82) is 37.9 Å². The summed E-state index contributed by atoms with van der Waals surface area (Å²) >= 11 is 5.40. The molecule has 0 spiro atoms. The van der Waals surface area contributed by atoms with Gasteiger partial charge in [0.05, 0.1) is 18.5 Å². The Bertz CT molecular complexity index is 4610. The van der Waals surface area contributed by atoms with Crippen LogP contribution < -0.4 is 153 Å². The molecule has 1 aliphatic carbocycles. The van der Waals surface area contributed by atoms with Crippen molar-refractivity contribution in [2.75, 3.05) is 77.4 Å². The third-order valence-electron chi connectivity index (χ3n) is 18.8. The van der Waals surface area contributed by atoms with Gasteiger partial charge in [0.15, 0.2) is 52.3 Å². The number of phenols is 1. The van der Waals surface area contributed by atoms with Gasteiger partial charge in [0, 0.05) is 106 Å². The topological polar surface area (TPSA) is 902 Å². The maximum atomic E-state index is 14.8. The minimum absolute atomic E-state index is 0.00371. The average molecular weight is 1810 g/mol. The lowest BCUT2D eigenvalue weighted by molar-refractivity contribution is -0.144. The molecule has 51 nitrogen and oxygen atoms in total. The van der Waals surface area contributed by atoms with Gasteiger partial charge in [-0.2, -0.15) is 0 Å². The van der Waals surface area contributed by atoms with E-state index in [-0.39, 0.29) is 219 Å². The van der Waals surface area contributed by atoms with Crippen molar-refractivity contribution in [2.45, 2.75) is 164 Å². The van der Waals surface area contributed by atoms with Crippen molar-refractivity contribution in [3.05, 3.63) is 70.4 Å². The van der Waals surface area contributed by atoms with E-state index >= 15 is 0 Å². The van der Waals surface area contributed by atoms with E-state index in [0.717, 1.165) is 0 Å². The number of fused-ring (bicyclic) bond motifs is 2. The number of carboxylic acids is 1. The van der Waals surface area contributed by atoms with Crippen LogP contribution in [0.1, 0.15) is 126 Å². The number of carbonyl (C=O) groups is 12. The standard InChI is InChI=1S/C76H120N34O17S/c77-38-53(104-57(114)23-24-58(115)126-34-33-101-76(128)102-39-17-20-42(45(35-39)68(124)125)59-43-21-18-40(111)36-54(43)127-55-37-41(112)19-22-44(55)59)61(117)93-25-8-16-56(113)103-47(10-2-27-95-70(81)82)62(118)106-49(12-4-29-97-72(85)86)64(120)108-51(14-6-31-99-74(89)90)66(122)110-52(15-7-32-100-75(91)92)67(123)109-50(13-5-30-98-73(87)88)65(121)107-48(11-3-28-96-71(83)84)63(119)105-46(60(78)116)9-1-26-94-69(79)80/h17-22,35-37,46-53,111H,1-16,23-34,38,77H2,(H2,78,116)(H,93,117)(H,103,113)(H,104,114)(H,105,119)(H,106,118)(H,107,121)(H,108,120)(H,109,123)(H,110,122)(H,124,125)(H4,79,80,94)(H4,81,82,95)(H4,83,84,96)(H4,85,86,97)(H4,87,88,98)(H4,89,90,99)(H4,91,92,100)(H2,101,102,128)/t46-,47-,48-,49-,50-,51-,52-,53-/m1/s1. The van der Waals surface area contributed by atoms with Crippen LogP contribution in [0.5, 0.6) is 5.75 Å². The molecule has 0 aromatic heterocycles. The molecule has 128 heavy (non-hydrogen) atoms. The highest BCUT2D eigenvalue weighted by molar-refractivity contribution is 7.80. The molecule has 2 aromatic rings. The van der Waals surface area contributed by atoms with E-state index < -0.39 is 174 Å². The number of thiocarbonyl (C=S) groups is 1. The van der Waals surface area contributed by atoms with Gasteiger partial charge in [-0.25, -0.2) is 4.79 Å². The van der Waals surface area contributed by atoms with Gasteiger partial charge in [-0.1, -0.05) is 6.07 Å². The Balaban J connectivity index is 1.45. The Hall–Kier alpha value is -14.9. The van der Waals surface area contributed by atoms with Crippen molar-refractivity contribution >= 4 is 147 Å². The number of primary amides is 1. The molecular formula is C76H120N34O17S. The third-order valence-corrected chi connectivity index (χ3v) is 19.0. The van der Waals surface area contributed by atoms with Gasteiger partial charge in [-0.3, -0.25) is 95.4 Å². The molecule has 0 saturated carbocycles. The lowest BCUT2D eigenvalue weighted by atomic mass is 9.90. The second kappa shape index (κ2) is 56.1. The number of hydrogen-bond acceptors (Lipinski definition) is 25. The number of aromatic carboxylic acids is 1. The molecule has 8 atom stereocenters. The molecule has 0 saturated heterocycles. The van der Waals surface area contributed by atoms with Crippen LogP contribution in [0, 0.1) is 37.9 Å². The number of nitrogens with two attached hydrogens (primary N) is 9. The second-order valence-corrected chi connectivity index (χ2v) is 29.4. The highest BCUT2D eigenvalue weighted by Crippen LogP contribution is 2.42. The summed E-state index contributed by atoms with van der Waals surface area (Å²) in [5, 5.41) is 122. The Morgan fingerprint density at radius 3 is 1.16 bits per heavy atom. The number of guanidine groups is 7. The number of anilines is 1. The number of nitrogens with one attached hydrogen (secondary N) is 25. The minimum atomic E-state index is -1.58. The number of carboxylic acid groups (broad SMARTS) is 1. The summed E-state index contributed by atoms with van der Waals surface area (Å²) in [6.45, 7) is -0.668. The summed E-state index contributed by atoms with van der Waals surface area (Å²) in [7, 11) is 0. The SMILES string of the molecule is N=C(N)NCCC[C@@H](NC(=O)[C@@H](CCCNC(=N)N)NC(=O)[C@@H](CCCNC(=N)N)NC(=O)[C@@H](CCCNC(=N)N)NC(=O)[C@@H](CCCNC(=N)N)NC(=O)[C@@H](CCCNC(=N)N)NC(=O)[C@@H](CCCNC(=N)N)NC(=O)CCCNC(=O)[C@@H](CN)NC(=O)CCC(=O)OCCNC(=S)Nc1ccc(-c2c3ccc(=O)cc-3oc3cc(O)ccc23)c(C(=O)O)c1)C(N)=O. The smallest absolute Gasteiger partial charge is 0.336 e. The molecule has 2 aromatic carbocycles. The number of amides is 10. The number of ether oxygens (including phenoxy) is 1. The van der Waals surface area contributed by atoms with E-state index in [1.54, 1.807) is 18.2 Å². The third kappa shape index (κ3) is 40.6. The van der Waals surface area contributed by atoms with E-state index in [4.69, 9.17) is 111 Å². The zero-order valence-corrected chi connectivity index (χ0v) is 71.3. The van der Waals surface area contributed by atoms with Crippen molar-refractivity contribution in [3.63, 3.8) is 0 Å². The Kier molecular flexibility index (Phi) is 46.2. The van der Waals surface area contributed by atoms with Crippen LogP contribution in [0.25, 0.3) is 33.4 Å². The number of benzene rings is 3. The molecule has 0 unspecified atom stereocenters. The molecule has 2 aliphatic rings. The van der Waals surface area contributed by atoms with E-state index in [1.165, 1.54) is 36.4 Å². The predicted molar refractivity (Wildman–Crippen MR) is 478 cm³/mol. The zero-order chi connectivity index (χ0) is 95.0. The molecule has 10 amide bonds. The molecule has 702 valence electrons. The molecular weight excluding hydrogens is 1690 g/mol. The van der Waals surface area contributed by atoms with E-state index in [1.807, 2.05) is 0 Å². The summed E-state index contributed by atoms with van der Waals surface area (Å²) < 4.78 is 11.1. The highest BCUT2D eigenvalue weighted by Gasteiger charge is 2.35. The maximum Gasteiger partial charge on any atom is 0.336 e. The first kappa shape index (κ1) is 105. The average Bonchev–Trinajstić information content (AvgIpc) is 0.746. The van der Waals surface area contributed by atoms with E-state index in [2.05, 4.69) is 95.7 Å². The fourth-order valence-electron chi connectivity index (χ4n) is 12.5. The highest BCUT2D eigenvalue weighted by atomic mass is 32.1. The van der Waals surface area contributed by atoms with Gasteiger partial charge >= 0.3 is 11.9 Å². The fourth-order valence-corrected chi connectivity index (χ4v) is 12.8. The first-order valence-electron chi connectivity index (χ1n) is 40.8. The van der Waals surface area contributed by atoms with Crippen LogP contribution in [-0.2, 0) is 57.5 Å². The van der Waals surface area contributed by atoms with Crippen molar-refractivity contribution in [1.82, 2.24) is 90.4 Å². The Morgan fingerprint density at radius 2 is 0.766 bits per heavy atom. The lowest BCUT2D eigenvalue weighted by Crippen LogP contribution is -2.60. The van der Waals surface area contributed by atoms with Crippen LogP contribution in [0.15, 0.2) is 63.8 Å². The van der Waals surface area contributed by atoms with Crippen LogP contribution >= 0.6 is 12.2 Å². The minimum Gasteiger partial charge on any atom is -0.508 e. The van der Waals surface area contributed by atoms with Crippen LogP contribution in [0.3, 0.4) is 0 Å². The quantitative estimate of drug-likeness (QED) is 0.00488. The van der Waals surface area contributed by atoms with Gasteiger partial charge in [0.1, 0.15) is 72.0 Å². The van der Waals surface area contributed by atoms with Crippen LogP contribution in [0.2, 0.25) is 0 Å². The maximum absolute atomic E-state index is 14.8. The number of carbonyl (C=O) groups excluding carboxylic acids is 11. The molecule has 0 bridgehead atoms. The van der Waals surface area contributed by atoms with Crippen LogP contribution in [0.4, 0.5) is 5.69 Å². The van der Waals surface area contributed by atoms with E-state index in [9.17, 15) is 72.5 Å². The van der Waals surface area contributed by atoms with Gasteiger partial charge in [-0.15, -0.1) is 0 Å². The normalized spacial score (nSPS) is 12.6. The van der Waals surface area contributed by atoms with Crippen LogP contribution in [-0.4, -0.2) is 248 Å². The lowest BCUT2D eigenvalue weighted by Gasteiger charge is -2.28. The first-order chi connectivity index (χ1) is 60.7. The number of aromatic hydroxyl groups is 1. The summed E-state index contributed by atoms with van der Waals surface area (Å²) in [5.74, 6) is -13.8. The van der Waals surface area contributed by atoms with Gasteiger partial charge in [0.2, 0.25) is 59.1 Å². The largest absolute Gasteiger partial charge is 0.508 e. The number of hydrogen-bond donors (Lipinski definition) is 36. The summed E-state index contributed by atoms with van der Waals surface area (Å²) in [6, 6.07) is 1.22. The van der Waals surface area contributed by atoms with Crippen molar-refractivity contribution < 1.29 is 76.9 Å². The number of esters is 1. The second-order valence-electron chi connectivity index (χ2n) is 29.0. The number of phenolic OH excluding ortho intramolecular Hbond substituents is 1. The molecule has 1 aliphatic heterocycles.